The summed E-state index contributed by atoms with van der Waals surface area (Å²) in [5, 5.41) is 24.6. The number of para-hydroxylation sites is 1. The zero-order valence-corrected chi connectivity index (χ0v) is 12.3. The van der Waals surface area contributed by atoms with E-state index in [0.29, 0.717) is 5.56 Å². The molecule has 0 aliphatic carbocycles. The Balaban J connectivity index is 1.66. The molecule has 1 heterocycles. The van der Waals surface area contributed by atoms with E-state index in [1.807, 2.05) is 24.3 Å². The van der Waals surface area contributed by atoms with Crippen molar-refractivity contribution < 1.29 is 10.0 Å². The van der Waals surface area contributed by atoms with Gasteiger partial charge in [-0.15, -0.1) is 0 Å². The third-order valence-corrected chi connectivity index (χ3v) is 4.22. The first-order valence-electron chi connectivity index (χ1n) is 6.65. The standard InChI is InChI=1S/C15H13N3O3S/c19-13(10-5-7-11(8-6-10)18(20)21)9-16-15-17-12-3-1-2-4-14(12)22-15/h1-8,13,19H,9H2,(H,16,17). The number of fused-ring (bicyclic) bond motifs is 1. The maximum Gasteiger partial charge on any atom is 0.269 e. The van der Waals surface area contributed by atoms with E-state index < -0.39 is 11.0 Å². The van der Waals surface area contributed by atoms with Crippen molar-refractivity contribution in [2.45, 2.75) is 6.10 Å². The summed E-state index contributed by atoms with van der Waals surface area (Å²) >= 11 is 1.52. The van der Waals surface area contributed by atoms with Crippen LogP contribution in [0.25, 0.3) is 10.2 Å². The summed E-state index contributed by atoms with van der Waals surface area (Å²) in [6.07, 6.45) is -0.757. The first kappa shape index (κ1) is 14.4. The fourth-order valence-corrected chi connectivity index (χ4v) is 2.94. The first-order valence-corrected chi connectivity index (χ1v) is 7.47. The number of thiazole rings is 1. The zero-order valence-electron chi connectivity index (χ0n) is 11.5. The second-order valence-electron chi connectivity index (χ2n) is 4.73. The van der Waals surface area contributed by atoms with Gasteiger partial charge in [-0.3, -0.25) is 10.1 Å². The number of aliphatic hydroxyl groups excluding tert-OH is 1. The molecule has 0 radical (unpaired) electrons. The van der Waals surface area contributed by atoms with E-state index >= 15 is 0 Å². The van der Waals surface area contributed by atoms with Crippen molar-refractivity contribution in [3.63, 3.8) is 0 Å². The Morgan fingerprint density at radius 2 is 1.95 bits per heavy atom. The SMILES string of the molecule is O=[N+]([O-])c1ccc(C(O)CNc2nc3ccccc3s2)cc1. The lowest BCUT2D eigenvalue weighted by Gasteiger charge is -2.11. The highest BCUT2D eigenvalue weighted by molar-refractivity contribution is 7.22. The van der Waals surface area contributed by atoms with Gasteiger partial charge in [0.2, 0.25) is 0 Å². The fourth-order valence-electron chi connectivity index (χ4n) is 2.07. The lowest BCUT2D eigenvalue weighted by atomic mass is 10.1. The Morgan fingerprint density at radius 1 is 1.23 bits per heavy atom. The van der Waals surface area contributed by atoms with Crippen LogP contribution >= 0.6 is 11.3 Å². The minimum atomic E-state index is -0.757. The number of benzene rings is 2. The highest BCUT2D eigenvalue weighted by Crippen LogP contribution is 2.26. The minimum absolute atomic E-state index is 0.00934. The molecule has 1 atom stereocenters. The van der Waals surface area contributed by atoms with Crippen molar-refractivity contribution in [3.05, 3.63) is 64.2 Å². The molecule has 3 aromatic rings. The van der Waals surface area contributed by atoms with Gasteiger partial charge in [0.25, 0.3) is 5.69 Å². The number of hydrogen-bond acceptors (Lipinski definition) is 6. The zero-order chi connectivity index (χ0) is 15.5. The molecule has 0 fully saturated rings. The first-order chi connectivity index (χ1) is 10.6. The van der Waals surface area contributed by atoms with Crippen molar-refractivity contribution in [3.8, 4) is 0 Å². The molecule has 112 valence electrons. The van der Waals surface area contributed by atoms with E-state index in [1.165, 1.54) is 23.5 Å². The van der Waals surface area contributed by atoms with E-state index in [4.69, 9.17) is 0 Å². The molecule has 0 amide bonds. The smallest absolute Gasteiger partial charge is 0.269 e. The van der Waals surface area contributed by atoms with Crippen LogP contribution in [-0.4, -0.2) is 21.6 Å². The molecule has 6 nitrogen and oxygen atoms in total. The number of nitro benzene ring substituents is 1. The average Bonchev–Trinajstić information content (AvgIpc) is 2.95. The normalized spacial score (nSPS) is 12.2. The van der Waals surface area contributed by atoms with Crippen LogP contribution in [0.4, 0.5) is 10.8 Å². The molecule has 0 bridgehead atoms. The van der Waals surface area contributed by atoms with Crippen LogP contribution < -0.4 is 5.32 Å². The van der Waals surface area contributed by atoms with Gasteiger partial charge in [-0.25, -0.2) is 4.98 Å². The topological polar surface area (TPSA) is 88.3 Å². The predicted octanol–water partition coefficient (Wildman–Crippen LogP) is 3.35. The lowest BCUT2D eigenvalue weighted by Crippen LogP contribution is -2.11. The second-order valence-corrected chi connectivity index (χ2v) is 5.76. The molecule has 1 aromatic heterocycles. The summed E-state index contributed by atoms with van der Waals surface area (Å²) in [5.74, 6) is 0. The summed E-state index contributed by atoms with van der Waals surface area (Å²) in [7, 11) is 0. The highest BCUT2D eigenvalue weighted by Gasteiger charge is 2.11. The third kappa shape index (κ3) is 3.05. The highest BCUT2D eigenvalue weighted by atomic mass is 32.1. The molecule has 7 heteroatoms. The van der Waals surface area contributed by atoms with Crippen LogP contribution in [-0.2, 0) is 0 Å². The monoisotopic (exact) mass is 315 g/mol. The van der Waals surface area contributed by atoms with E-state index in [-0.39, 0.29) is 12.2 Å². The molecule has 2 N–H and O–H groups in total. The molecule has 22 heavy (non-hydrogen) atoms. The Kier molecular flexibility index (Phi) is 3.99. The van der Waals surface area contributed by atoms with Gasteiger partial charge in [-0.1, -0.05) is 23.5 Å². The summed E-state index contributed by atoms with van der Waals surface area (Å²) in [6, 6.07) is 13.7. The van der Waals surface area contributed by atoms with Crippen molar-refractivity contribution in [1.29, 1.82) is 0 Å². The van der Waals surface area contributed by atoms with Crippen LogP contribution in [0.15, 0.2) is 48.5 Å². The number of nitrogens with zero attached hydrogens (tertiary/aromatic N) is 2. The van der Waals surface area contributed by atoms with Crippen LogP contribution in [0, 0.1) is 10.1 Å². The van der Waals surface area contributed by atoms with Gasteiger partial charge >= 0.3 is 0 Å². The van der Waals surface area contributed by atoms with Crippen LogP contribution in [0.1, 0.15) is 11.7 Å². The van der Waals surface area contributed by atoms with Gasteiger partial charge in [0, 0.05) is 18.7 Å². The molecular formula is C15H13N3O3S. The van der Waals surface area contributed by atoms with Gasteiger partial charge in [0.1, 0.15) is 0 Å². The van der Waals surface area contributed by atoms with Gasteiger partial charge in [0.15, 0.2) is 5.13 Å². The number of aromatic nitrogens is 1. The molecule has 0 aliphatic rings. The number of rotatable bonds is 5. The largest absolute Gasteiger partial charge is 0.387 e. The number of aliphatic hydroxyl groups is 1. The van der Waals surface area contributed by atoms with Crippen LogP contribution in [0.5, 0.6) is 0 Å². The van der Waals surface area contributed by atoms with E-state index in [2.05, 4.69) is 10.3 Å². The Labute approximate surface area is 130 Å². The van der Waals surface area contributed by atoms with Crippen molar-refractivity contribution in [1.82, 2.24) is 4.98 Å². The maximum absolute atomic E-state index is 10.6. The van der Waals surface area contributed by atoms with Gasteiger partial charge in [-0.05, 0) is 29.8 Å². The molecular weight excluding hydrogens is 302 g/mol. The fraction of sp³-hybridized carbons (Fsp3) is 0.133. The Morgan fingerprint density at radius 3 is 2.64 bits per heavy atom. The van der Waals surface area contributed by atoms with Crippen molar-refractivity contribution in [2.24, 2.45) is 0 Å². The Hall–Kier alpha value is -2.51. The lowest BCUT2D eigenvalue weighted by molar-refractivity contribution is -0.384. The summed E-state index contributed by atoms with van der Waals surface area (Å²) in [5.41, 5.74) is 1.55. The van der Waals surface area contributed by atoms with Crippen molar-refractivity contribution >= 4 is 32.4 Å². The summed E-state index contributed by atoms with van der Waals surface area (Å²) < 4.78 is 1.08. The van der Waals surface area contributed by atoms with Crippen molar-refractivity contribution in [2.75, 3.05) is 11.9 Å². The number of non-ortho nitro benzene ring substituents is 1. The maximum atomic E-state index is 10.6. The third-order valence-electron chi connectivity index (χ3n) is 3.23. The number of nitro groups is 1. The molecule has 0 saturated heterocycles. The molecule has 0 spiro atoms. The minimum Gasteiger partial charge on any atom is -0.387 e. The Bertz CT molecular complexity index is 768. The molecule has 1 unspecified atom stereocenters. The van der Waals surface area contributed by atoms with E-state index in [9.17, 15) is 15.2 Å². The molecule has 2 aromatic carbocycles. The van der Waals surface area contributed by atoms with Gasteiger partial charge < -0.3 is 10.4 Å². The number of hydrogen-bond donors (Lipinski definition) is 2. The number of anilines is 1. The van der Waals surface area contributed by atoms with Crippen LogP contribution in [0.2, 0.25) is 0 Å². The van der Waals surface area contributed by atoms with E-state index in [1.54, 1.807) is 12.1 Å². The predicted molar refractivity (Wildman–Crippen MR) is 86.2 cm³/mol. The molecule has 0 saturated carbocycles. The average molecular weight is 315 g/mol. The number of nitrogens with one attached hydrogen (secondary N) is 1. The van der Waals surface area contributed by atoms with Crippen LogP contribution in [0.3, 0.4) is 0 Å². The van der Waals surface area contributed by atoms with Gasteiger partial charge in [-0.2, -0.15) is 0 Å². The van der Waals surface area contributed by atoms with E-state index in [0.717, 1.165) is 15.3 Å². The second kappa shape index (κ2) is 6.08. The summed E-state index contributed by atoms with van der Waals surface area (Å²) in [6.45, 7) is 0.289. The van der Waals surface area contributed by atoms with Gasteiger partial charge in [0.05, 0.1) is 21.2 Å². The molecule has 3 rings (SSSR count). The summed E-state index contributed by atoms with van der Waals surface area (Å²) in [4.78, 5) is 14.6. The molecule has 0 aliphatic heterocycles. The quantitative estimate of drug-likeness (QED) is 0.557.